The summed E-state index contributed by atoms with van der Waals surface area (Å²) < 4.78 is 33.2. The Kier molecular flexibility index (Phi) is 6.95. The van der Waals surface area contributed by atoms with E-state index >= 15 is 0 Å². The second-order valence-corrected chi connectivity index (χ2v) is 9.03. The predicted octanol–water partition coefficient (Wildman–Crippen LogP) is 4.04. The fourth-order valence-electron chi connectivity index (χ4n) is 3.19. The van der Waals surface area contributed by atoms with Gasteiger partial charge in [0.25, 0.3) is 10.0 Å². The van der Waals surface area contributed by atoms with Gasteiger partial charge >= 0.3 is 0 Å². The summed E-state index contributed by atoms with van der Waals surface area (Å²) in [5.41, 5.74) is 1.87. The minimum atomic E-state index is -4.05. The third-order valence-electron chi connectivity index (χ3n) is 4.84. The molecule has 3 rings (SSSR count). The van der Waals surface area contributed by atoms with Crippen molar-refractivity contribution in [1.82, 2.24) is 0 Å². The first-order chi connectivity index (χ1) is 15.2. The number of hydrogen-bond acceptors (Lipinski definition) is 5. The number of sulfonamides is 1. The van der Waals surface area contributed by atoms with Crippen LogP contribution in [0.4, 0.5) is 11.4 Å². The number of benzene rings is 3. The fraction of sp³-hybridized carbons (Fsp3) is 0.167. The highest BCUT2D eigenvalue weighted by molar-refractivity contribution is 7.92. The van der Waals surface area contributed by atoms with Crippen LogP contribution in [0.1, 0.15) is 22.8 Å². The van der Waals surface area contributed by atoms with Crippen molar-refractivity contribution in [2.24, 2.45) is 0 Å². The maximum absolute atomic E-state index is 13.5. The van der Waals surface area contributed by atoms with Gasteiger partial charge in [0.15, 0.2) is 5.78 Å². The lowest BCUT2D eigenvalue weighted by Crippen LogP contribution is -2.38. The topological polar surface area (TPSA) is 92.8 Å². The Labute approximate surface area is 187 Å². The van der Waals surface area contributed by atoms with Gasteiger partial charge in [0, 0.05) is 11.3 Å². The summed E-state index contributed by atoms with van der Waals surface area (Å²) in [5.74, 6) is -0.105. The van der Waals surface area contributed by atoms with Crippen molar-refractivity contribution >= 4 is 33.1 Å². The number of nitrogens with one attached hydrogen (secondary N) is 1. The van der Waals surface area contributed by atoms with Gasteiger partial charge in [-0.05, 0) is 61.9 Å². The molecule has 0 saturated carbocycles. The number of Topliss-reactive ketones (excluding diaryl/α,β-unsaturated/α-hetero) is 1. The zero-order valence-electron chi connectivity index (χ0n) is 18.0. The second-order valence-electron chi connectivity index (χ2n) is 7.16. The van der Waals surface area contributed by atoms with Crippen LogP contribution in [0.3, 0.4) is 0 Å². The standard InChI is InChI=1S/C24H24N2O5S/c1-17-14-22(12-13-23(17)31-3)32(29,30)26(21-10-5-4-6-11-21)16-24(28)25-20-9-7-8-19(15-20)18(2)27/h4-15H,16H2,1-3H3,(H,25,28). The van der Waals surface area contributed by atoms with E-state index in [9.17, 15) is 18.0 Å². The zero-order chi connectivity index (χ0) is 23.3. The van der Waals surface area contributed by atoms with Crippen molar-refractivity contribution in [3.63, 3.8) is 0 Å². The normalized spacial score (nSPS) is 11.0. The van der Waals surface area contributed by atoms with Crippen LogP contribution in [0.25, 0.3) is 0 Å². The summed E-state index contributed by atoms with van der Waals surface area (Å²) in [6.07, 6.45) is 0. The van der Waals surface area contributed by atoms with Crippen LogP contribution < -0.4 is 14.4 Å². The Balaban J connectivity index is 1.93. The molecule has 0 aliphatic heterocycles. The molecule has 0 aliphatic rings. The average Bonchev–Trinajstić information content (AvgIpc) is 2.78. The molecule has 32 heavy (non-hydrogen) atoms. The predicted molar refractivity (Wildman–Crippen MR) is 124 cm³/mol. The van der Waals surface area contributed by atoms with E-state index in [4.69, 9.17) is 4.74 Å². The lowest BCUT2D eigenvalue weighted by Gasteiger charge is -2.24. The Morgan fingerprint density at radius 2 is 1.69 bits per heavy atom. The van der Waals surface area contributed by atoms with Crippen LogP contribution >= 0.6 is 0 Å². The van der Waals surface area contributed by atoms with Crippen molar-refractivity contribution in [2.45, 2.75) is 18.7 Å². The lowest BCUT2D eigenvalue weighted by molar-refractivity contribution is -0.114. The van der Waals surface area contributed by atoms with Gasteiger partial charge in [0.2, 0.25) is 5.91 Å². The number of rotatable bonds is 8. The van der Waals surface area contributed by atoms with Gasteiger partial charge < -0.3 is 10.1 Å². The van der Waals surface area contributed by atoms with Crippen LogP contribution in [0, 0.1) is 6.92 Å². The molecule has 0 aliphatic carbocycles. The van der Waals surface area contributed by atoms with E-state index in [1.165, 1.54) is 26.2 Å². The minimum absolute atomic E-state index is 0.0473. The summed E-state index contributed by atoms with van der Waals surface area (Å²) in [4.78, 5) is 24.4. The number of methoxy groups -OCH3 is 1. The third kappa shape index (κ3) is 5.15. The van der Waals surface area contributed by atoms with E-state index in [1.807, 2.05) is 0 Å². The van der Waals surface area contributed by atoms with E-state index in [0.717, 1.165) is 4.31 Å². The van der Waals surface area contributed by atoms with E-state index in [1.54, 1.807) is 67.6 Å². The van der Waals surface area contributed by atoms with E-state index in [0.29, 0.717) is 28.3 Å². The molecule has 8 heteroatoms. The van der Waals surface area contributed by atoms with Gasteiger partial charge in [-0.25, -0.2) is 8.42 Å². The van der Waals surface area contributed by atoms with Crippen molar-refractivity contribution in [3.8, 4) is 5.75 Å². The molecule has 7 nitrogen and oxygen atoms in total. The molecule has 0 saturated heterocycles. The first-order valence-corrected chi connectivity index (χ1v) is 11.3. The van der Waals surface area contributed by atoms with Gasteiger partial charge in [-0.15, -0.1) is 0 Å². The second kappa shape index (κ2) is 9.65. The van der Waals surface area contributed by atoms with E-state index in [-0.39, 0.29) is 10.7 Å². The summed E-state index contributed by atoms with van der Waals surface area (Å²) in [6.45, 7) is 2.74. The number of hydrogen-bond donors (Lipinski definition) is 1. The number of ketones is 1. The van der Waals surface area contributed by atoms with Gasteiger partial charge in [-0.1, -0.05) is 30.3 Å². The molecule has 0 heterocycles. The summed E-state index contributed by atoms with van der Waals surface area (Å²) in [6, 6.07) is 19.4. The monoisotopic (exact) mass is 452 g/mol. The third-order valence-corrected chi connectivity index (χ3v) is 6.61. The zero-order valence-corrected chi connectivity index (χ0v) is 18.8. The van der Waals surface area contributed by atoms with Gasteiger partial charge in [0.05, 0.1) is 17.7 Å². The number of aryl methyl sites for hydroxylation is 1. The molecular weight excluding hydrogens is 428 g/mol. The molecule has 0 atom stereocenters. The molecular formula is C24H24N2O5S. The number of para-hydroxylation sites is 1. The fourth-order valence-corrected chi connectivity index (χ4v) is 4.70. The number of anilines is 2. The molecule has 1 amide bonds. The van der Waals surface area contributed by atoms with Crippen molar-refractivity contribution < 1.29 is 22.7 Å². The van der Waals surface area contributed by atoms with Crippen molar-refractivity contribution in [3.05, 3.63) is 83.9 Å². The van der Waals surface area contributed by atoms with Crippen LogP contribution in [0.15, 0.2) is 77.7 Å². The number of ether oxygens (including phenoxy) is 1. The summed E-state index contributed by atoms with van der Waals surface area (Å²) >= 11 is 0. The molecule has 3 aromatic carbocycles. The molecule has 0 bridgehead atoms. The Hall–Kier alpha value is -3.65. The molecule has 0 unspecified atom stereocenters. The smallest absolute Gasteiger partial charge is 0.264 e. The highest BCUT2D eigenvalue weighted by Gasteiger charge is 2.27. The largest absolute Gasteiger partial charge is 0.496 e. The maximum atomic E-state index is 13.5. The quantitative estimate of drug-likeness (QED) is 0.521. The van der Waals surface area contributed by atoms with Crippen molar-refractivity contribution in [2.75, 3.05) is 23.3 Å². The van der Waals surface area contributed by atoms with Crippen LogP contribution in [0.5, 0.6) is 5.75 Å². The van der Waals surface area contributed by atoms with Crippen molar-refractivity contribution in [1.29, 1.82) is 0 Å². The molecule has 0 radical (unpaired) electrons. The Morgan fingerprint density at radius 3 is 2.31 bits per heavy atom. The summed E-state index contributed by atoms with van der Waals surface area (Å²) in [7, 11) is -2.54. The first kappa shape index (κ1) is 23.0. The maximum Gasteiger partial charge on any atom is 0.264 e. The molecule has 3 aromatic rings. The Morgan fingerprint density at radius 1 is 0.969 bits per heavy atom. The Bertz CT molecular complexity index is 1240. The minimum Gasteiger partial charge on any atom is -0.496 e. The first-order valence-electron chi connectivity index (χ1n) is 9.85. The molecule has 0 spiro atoms. The SMILES string of the molecule is COc1ccc(S(=O)(=O)N(CC(=O)Nc2cccc(C(C)=O)c2)c2ccccc2)cc1C. The number of amides is 1. The average molecular weight is 453 g/mol. The highest BCUT2D eigenvalue weighted by Crippen LogP contribution is 2.27. The van der Waals surface area contributed by atoms with Crippen LogP contribution in [-0.2, 0) is 14.8 Å². The number of carbonyl (C=O) groups is 2. The van der Waals surface area contributed by atoms with E-state index in [2.05, 4.69) is 5.32 Å². The summed E-state index contributed by atoms with van der Waals surface area (Å²) in [5, 5.41) is 2.67. The lowest BCUT2D eigenvalue weighted by atomic mass is 10.1. The van der Waals surface area contributed by atoms with Gasteiger partial charge in [-0.3, -0.25) is 13.9 Å². The highest BCUT2D eigenvalue weighted by atomic mass is 32.2. The number of nitrogens with zero attached hydrogens (tertiary/aromatic N) is 1. The van der Waals surface area contributed by atoms with Crippen LogP contribution in [0.2, 0.25) is 0 Å². The van der Waals surface area contributed by atoms with Gasteiger partial charge in [-0.2, -0.15) is 0 Å². The van der Waals surface area contributed by atoms with Gasteiger partial charge in [0.1, 0.15) is 12.3 Å². The number of carbonyl (C=O) groups excluding carboxylic acids is 2. The molecule has 1 N–H and O–H groups in total. The van der Waals surface area contributed by atoms with Crippen LogP contribution in [-0.4, -0.2) is 33.8 Å². The molecule has 0 fully saturated rings. The van der Waals surface area contributed by atoms with E-state index < -0.39 is 22.5 Å². The molecule has 166 valence electrons. The molecule has 0 aromatic heterocycles.